The maximum Gasteiger partial charge on any atom is 0.290 e. The first-order chi connectivity index (χ1) is 15.2. The number of hydrogen-bond acceptors (Lipinski definition) is 4. The highest BCUT2D eigenvalue weighted by Crippen LogP contribution is 2.37. The monoisotopic (exact) mass is 421 g/mol. The van der Waals surface area contributed by atoms with Crippen LogP contribution in [0.15, 0.2) is 66.4 Å². The summed E-state index contributed by atoms with van der Waals surface area (Å²) in [7, 11) is 0. The van der Waals surface area contributed by atoms with Crippen molar-refractivity contribution in [1.29, 1.82) is 0 Å². The van der Waals surface area contributed by atoms with Gasteiger partial charge in [-0.3, -0.25) is 4.79 Å². The average Bonchev–Trinajstić information content (AvgIpc) is 2.84. The second kappa shape index (κ2) is 10.6. The zero-order valence-corrected chi connectivity index (χ0v) is 17.8. The molecule has 2 aromatic carbocycles. The molecule has 0 spiro atoms. The van der Waals surface area contributed by atoms with Gasteiger partial charge in [-0.15, -0.1) is 0 Å². The van der Waals surface area contributed by atoms with Crippen LogP contribution in [0.1, 0.15) is 49.7 Å². The van der Waals surface area contributed by atoms with Crippen molar-refractivity contribution in [3.63, 3.8) is 0 Å². The highest BCUT2D eigenvalue weighted by molar-refractivity contribution is 6.02. The van der Waals surface area contributed by atoms with Crippen molar-refractivity contribution < 1.29 is 19.4 Å². The second-order valence-corrected chi connectivity index (χ2v) is 8.48. The largest absolute Gasteiger partial charge is 0.459 e. The van der Waals surface area contributed by atoms with E-state index in [1.807, 2.05) is 60.7 Å². The zero-order valence-electron chi connectivity index (χ0n) is 17.8. The fourth-order valence-corrected chi connectivity index (χ4v) is 4.48. The molecule has 0 bridgehead atoms. The van der Waals surface area contributed by atoms with Gasteiger partial charge in [0.05, 0.1) is 13.2 Å². The fraction of sp³-hybridized carbons (Fsp3) is 0.423. The molecule has 0 radical (unpaired) electrons. The average molecular weight is 422 g/mol. The van der Waals surface area contributed by atoms with Gasteiger partial charge in [-0.25, -0.2) is 0 Å². The first kappa shape index (κ1) is 21.6. The topological polar surface area (TPSA) is 67.8 Å². The minimum Gasteiger partial charge on any atom is -0.459 e. The number of rotatable bonds is 7. The molecule has 4 rings (SSSR count). The third kappa shape index (κ3) is 5.96. The lowest BCUT2D eigenvalue weighted by Gasteiger charge is -2.35. The molecular weight excluding hydrogens is 390 g/mol. The van der Waals surface area contributed by atoms with Crippen LogP contribution in [0.25, 0.3) is 0 Å². The molecule has 31 heavy (non-hydrogen) atoms. The number of ether oxygens (including phenoxy) is 2. The molecule has 1 amide bonds. The molecule has 1 saturated carbocycles. The van der Waals surface area contributed by atoms with Gasteiger partial charge in [-0.1, -0.05) is 61.7 Å². The van der Waals surface area contributed by atoms with Crippen molar-refractivity contribution >= 4 is 11.6 Å². The third-order valence-electron chi connectivity index (χ3n) is 6.24. The number of carbonyl (C=O) groups is 1. The standard InChI is InChI=1S/C26H31NO4/c28-17-19-11-13-20(14-12-19)18-30-25-16-22(21-7-3-1-4-8-21)15-24(31-25)26(29)27-23-9-5-2-6-10-23/h2,5-6,9-15,21-22,25,28H,1,3-4,7-8,16-18H2,(H,27,29)/t22-,25+/m1/s1. The first-order valence-electron chi connectivity index (χ1n) is 11.3. The maximum atomic E-state index is 12.9. The van der Waals surface area contributed by atoms with Crippen molar-refractivity contribution in [2.45, 2.75) is 58.0 Å². The van der Waals surface area contributed by atoms with Crippen LogP contribution in [-0.2, 0) is 27.5 Å². The first-order valence-corrected chi connectivity index (χ1v) is 11.3. The van der Waals surface area contributed by atoms with Crippen LogP contribution in [0.2, 0.25) is 0 Å². The van der Waals surface area contributed by atoms with Gasteiger partial charge in [0, 0.05) is 12.1 Å². The molecule has 1 aliphatic carbocycles. The van der Waals surface area contributed by atoms with Gasteiger partial charge in [-0.05, 0) is 54.0 Å². The van der Waals surface area contributed by atoms with E-state index in [1.54, 1.807) is 0 Å². The van der Waals surface area contributed by atoms with Crippen LogP contribution in [0.5, 0.6) is 0 Å². The van der Waals surface area contributed by atoms with Crippen LogP contribution >= 0.6 is 0 Å². The van der Waals surface area contributed by atoms with E-state index < -0.39 is 6.29 Å². The van der Waals surface area contributed by atoms with Gasteiger partial charge in [0.2, 0.25) is 6.29 Å². The summed E-state index contributed by atoms with van der Waals surface area (Å²) in [6.07, 6.45) is 8.54. The van der Waals surface area contributed by atoms with Gasteiger partial charge in [0.1, 0.15) is 0 Å². The van der Waals surface area contributed by atoms with E-state index in [9.17, 15) is 9.90 Å². The minimum atomic E-state index is -0.453. The molecule has 5 nitrogen and oxygen atoms in total. The van der Waals surface area contributed by atoms with Crippen LogP contribution in [0.3, 0.4) is 0 Å². The highest BCUT2D eigenvalue weighted by atomic mass is 16.7. The summed E-state index contributed by atoms with van der Waals surface area (Å²) in [5.41, 5.74) is 2.64. The number of carbonyl (C=O) groups excluding carboxylic acids is 1. The van der Waals surface area contributed by atoms with Crippen molar-refractivity contribution in [2.75, 3.05) is 5.32 Å². The van der Waals surface area contributed by atoms with Gasteiger partial charge in [0.15, 0.2) is 5.76 Å². The molecule has 2 aromatic rings. The smallest absolute Gasteiger partial charge is 0.290 e. The Bertz CT molecular complexity index is 872. The minimum absolute atomic E-state index is 0.0284. The van der Waals surface area contributed by atoms with Crippen molar-refractivity contribution in [3.8, 4) is 0 Å². The van der Waals surface area contributed by atoms with Gasteiger partial charge >= 0.3 is 0 Å². The summed E-state index contributed by atoms with van der Waals surface area (Å²) in [6, 6.07) is 17.1. The molecule has 164 valence electrons. The maximum absolute atomic E-state index is 12.9. The SMILES string of the molecule is O=C(Nc1ccccc1)C1=C[C@@H](C2CCCCC2)C[C@@H](OCc2ccc(CO)cc2)O1. The Labute approximate surface area is 184 Å². The van der Waals surface area contributed by atoms with E-state index in [4.69, 9.17) is 9.47 Å². The Balaban J connectivity index is 1.44. The van der Waals surface area contributed by atoms with E-state index >= 15 is 0 Å². The molecule has 1 heterocycles. The summed E-state index contributed by atoms with van der Waals surface area (Å²) in [5, 5.41) is 12.1. The van der Waals surface area contributed by atoms with Crippen LogP contribution in [-0.4, -0.2) is 17.3 Å². The van der Waals surface area contributed by atoms with Gasteiger partial charge < -0.3 is 19.9 Å². The summed E-state index contributed by atoms with van der Waals surface area (Å²) in [6.45, 7) is 0.433. The summed E-state index contributed by atoms with van der Waals surface area (Å²) in [4.78, 5) is 12.9. The molecule has 0 unspecified atom stereocenters. The van der Waals surface area contributed by atoms with Crippen LogP contribution in [0.4, 0.5) is 5.69 Å². The Morgan fingerprint density at radius 2 is 1.71 bits per heavy atom. The van der Waals surface area contributed by atoms with E-state index in [0.717, 1.165) is 23.2 Å². The van der Waals surface area contributed by atoms with E-state index in [-0.39, 0.29) is 18.4 Å². The molecule has 5 heteroatoms. The highest BCUT2D eigenvalue weighted by Gasteiger charge is 2.33. The normalized spacial score (nSPS) is 21.8. The second-order valence-electron chi connectivity index (χ2n) is 8.48. The molecule has 0 aromatic heterocycles. The molecule has 2 aliphatic rings. The van der Waals surface area contributed by atoms with Gasteiger partial charge in [0.25, 0.3) is 5.91 Å². The van der Waals surface area contributed by atoms with E-state index in [2.05, 4.69) is 5.32 Å². The number of amides is 1. The van der Waals surface area contributed by atoms with E-state index in [0.29, 0.717) is 18.3 Å². The lowest BCUT2D eigenvalue weighted by atomic mass is 9.77. The number of anilines is 1. The summed E-state index contributed by atoms with van der Waals surface area (Å²) >= 11 is 0. The van der Waals surface area contributed by atoms with Crippen LogP contribution in [0, 0.1) is 11.8 Å². The van der Waals surface area contributed by atoms with Crippen molar-refractivity contribution in [2.24, 2.45) is 11.8 Å². The Morgan fingerprint density at radius 1 is 1.00 bits per heavy atom. The van der Waals surface area contributed by atoms with Crippen molar-refractivity contribution in [1.82, 2.24) is 0 Å². The van der Waals surface area contributed by atoms with Crippen LogP contribution < -0.4 is 5.32 Å². The number of hydrogen-bond donors (Lipinski definition) is 2. The Morgan fingerprint density at radius 3 is 2.42 bits per heavy atom. The molecule has 2 N–H and O–H groups in total. The lowest BCUT2D eigenvalue weighted by Crippen LogP contribution is -2.33. The molecular formula is C26H31NO4. The summed E-state index contributed by atoms with van der Waals surface area (Å²) < 4.78 is 12.1. The predicted octanol–water partition coefficient (Wildman–Crippen LogP) is 5.16. The molecule has 0 saturated heterocycles. The number of aliphatic hydroxyl groups is 1. The Kier molecular flexibility index (Phi) is 7.39. The summed E-state index contributed by atoms with van der Waals surface area (Å²) in [5.74, 6) is 0.985. The number of aliphatic hydroxyl groups excluding tert-OH is 1. The van der Waals surface area contributed by atoms with Crippen molar-refractivity contribution in [3.05, 3.63) is 77.6 Å². The third-order valence-corrected chi connectivity index (χ3v) is 6.24. The Hall–Kier alpha value is -2.63. The predicted molar refractivity (Wildman–Crippen MR) is 120 cm³/mol. The van der Waals surface area contributed by atoms with E-state index in [1.165, 1.54) is 32.1 Å². The zero-order chi connectivity index (χ0) is 21.5. The lowest BCUT2D eigenvalue weighted by molar-refractivity contribution is -0.153. The number of benzene rings is 2. The molecule has 1 fully saturated rings. The van der Waals surface area contributed by atoms with Gasteiger partial charge in [-0.2, -0.15) is 0 Å². The molecule has 2 atom stereocenters. The quantitative estimate of drug-likeness (QED) is 0.648. The molecule has 1 aliphatic heterocycles. The number of para-hydroxylation sites is 1. The number of allylic oxidation sites excluding steroid dienone is 1. The number of nitrogens with one attached hydrogen (secondary N) is 1. The fourth-order valence-electron chi connectivity index (χ4n) is 4.48.